The molecule has 1 amide bonds. The lowest BCUT2D eigenvalue weighted by molar-refractivity contribution is -0.143. The Bertz CT molecular complexity index is 840. The maximum absolute atomic E-state index is 12.9. The third kappa shape index (κ3) is 4.95. The Morgan fingerprint density at radius 2 is 1.93 bits per heavy atom. The first-order valence-corrected chi connectivity index (χ1v) is 9.57. The zero-order valence-electron chi connectivity index (χ0n) is 15.6. The molecule has 7 heteroatoms. The number of halogens is 1. The van der Waals surface area contributed by atoms with Gasteiger partial charge in [-0.3, -0.25) is 9.59 Å². The predicted octanol–water partition coefficient (Wildman–Crippen LogP) is 3.93. The van der Waals surface area contributed by atoms with E-state index in [4.69, 9.17) is 25.8 Å². The number of nitrogens with one attached hydrogen (secondary N) is 1. The Morgan fingerprint density at radius 1 is 1.18 bits per heavy atom. The van der Waals surface area contributed by atoms with Crippen LogP contribution in [0.1, 0.15) is 41.7 Å². The third-order valence-electron chi connectivity index (χ3n) is 4.25. The van der Waals surface area contributed by atoms with E-state index in [0.717, 1.165) is 12.0 Å². The maximum Gasteiger partial charge on any atom is 0.308 e. The van der Waals surface area contributed by atoms with Crippen LogP contribution in [0.5, 0.6) is 11.5 Å². The molecule has 2 aromatic carbocycles. The van der Waals surface area contributed by atoms with Crippen molar-refractivity contribution in [1.82, 2.24) is 5.32 Å². The van der Waals surface area contributed by atoms with Crippen molar-refractivity contribution in [3.63, 3.8) is 0 Å². The van der Waals surface area contributed by atoms with Crippen LogP contribution >= 0.6 is 11.6 Å². The summed E-state index contributed by atoms with van der Waals surface area (Å²) in [5.41, 5.74) is 1.14. The van der Waals surface area contributed by atoms with Crippen LogP contribution in [0.2, 0.25) is 5.02 Å². The van der Waals surface area contributed by atoms with Crippen molar-refractivity contribution < 1.29 is 23.8 Å². The summed E-state index contributed by atoms with van der Waals surface area (Å²) in [5, 5.41) is 3.21. The predicted molar refractivity (Wildman–Crippen MR) is 105 cm³/mol. The van der Waals surface area contributed by atoms with Gasteiger partial charge in [-0.05, 0) is 24.6 Å². The van der Waals surface area contributed by atoms with Gasteiger partial charge in [-0.25, -0.2) is 0 Å². The first-order chi connectivity index (χ1) is 13.6. The highest BCUT2D eigenvalue weighted by molar-refractivity contribution is 6.32. The Balaban J connectivity index is 1.82. The molecule has 28 heavy (non-hydrogen) atoms. The van der Waals surface area contributed by atoms with Gasteiger partial charge in [-0.15, -0.1) is 0 Å². The normalized spacial score (nSPS) is 13.9. The lowest BCUT2D eigenvalue weighted by Crippen LogP contribution is -2.30. The number of hydrogen-bond acceptors (Lipinski definition) is 5. The highest BCUT2D eigenvalue weighted by Crippen LogP contribution is 2.38. The molecule has 1 heterocycles. The minimum Gasteiger partial charge on any atom is -0.489 e. The van der Waals surface area contributed by atoms with Crippen molar-refractivity contribution >= 4 is 23.5 Å². The molecule has 0 saturated carbocycles. The van der Waals surface area contributed by atoms with Gasteiger partial charge in [0.1, 0.15) is 0 Å². The van der Waals surface area contributed by atoms with E-state index >= 15 is 0 Å². The molecule has 3 rings (SSSR count). The van der Waals surface area contributed by atoms with Gasteiger partial charge < -0.3 is 19.5 Å². The van der Waals surface area contributed by atoms with E-state index in [1.165, 1.54) is 6.07 Å². The highest BCUT2D eigenvalue weighted by Gasteiger charge is 2.23. The average Bonchev–Trinajstić information content (AvgIpc) is 2.94. The van der Waals surface area contributed by atoms with Gasteiger partial charge >= 0.3 is 5.97 Å². The molecule has 1 aliphatic heterocycles. The van der Waals surface area contributed by atoms with Gasteiger partial charge in [0.05, 0.1) is 37.3 Å². The fourth-order valence-corrected chi connectivity index (χ4v) is 3.19. The van der Waals surface area contributed by atoms with Crippen molar-refractivity contribution in [1.29, 1.82) is 0 Å². The summed E-state index contributed by atoms with van der Waals surface area (Å²) in [4.78, 5) is 24.9. The van der Waals surface area contributed by atoms with Gasteiger partial charge in [0, 0.05) is 12.0 Å². The summed E-state index contributed by atoms with van der Waals surface area (Å²) < 4.78 is 16.3. The zero-order chi connectivity index (χ0) is 19.9. The summed E-state index contributed by atoms with van der Waals surface area (Å²) in [6, 6.07) is 11.9. The smallest absolute Gasteiger partial charge is 0.308 e. The molecule has 148 valence electrons. The minimum absolute atomic E-state index is 0.0296. The van der Waals surface area contributed by atoms with Gasteiger partial charge in [0.15, 0.2) is 11.5 Å². The molecule has 6 nitrogen and oxygen atoms in total. The number of esters is 1. The maximum atomic E-state index is 12.9. The van der Waals surface area contributed by atoms with E-state index in [9.17, 15) is 9.59 Å². The van der Waals surface area contributed by atoms with Gasteiger partial charge in [-0.2, -0.15) is 0 Å². The molecular formula is C21H22ClNO5. The molecule has 0 radical (unpaired) electrons. The monoisotopic (exact) mass is 403 g/mol. The largest absolute Gasteiger partial charge is 0.489 e. The Hall–Kier alpha value is -2.73. The average molecular weight is 404 g/mol. The Kier molecular flexibility index (Phi) is 6.76. The third-order valence-corrected chi connectivity index (χ3v) is 4.53. The second-order valence-corrected chi connectivity index (χ2v) is 6.69. The standard InChI is InChI=1S/C21H22ClNO5/c1-2-26-19(24)13-17(14-7-4-3-5-8-14)23-21(25)15-11-16(22)20-18(12-15)27-9-6-10-28-20/h3-5,7-8,11-12,17H,2,6,9-10,13H2,1H3,(H,23,25). The minimum atomic E-state index is -0.525. The molecule has 1 atom stereocenters. The molecule has 0 aliphatic carbocycles. The number of carbonyl (C=O) groups is 2. The SMILES string of the molecule is CCOC(=O)CC(NC(=O)c1cc(Cl)c2c(c1)OCCCO2)c1ccccc1. The van der Waals surface area contributed by atoms with E-state index in [1.807, 2.05) is 30.3 Å². The lowest BCUT2D eigenvalue weighted by Gasteiger charge is -2.19. The number of rotatable bonds is 6. The van der Waals surface area contributed by atoms with Crippen LogP contribution < -0.4 is 14.8 Å². The van der Waals surface area contributed by atoms with E-state index in [-0.39, 0.29) is 24.9 Å². The van der Waals surface area contributed by atoms with Crippen LogP contribution in [0.4, 0.5) is 0 Å². The first kappa shape index (κ1) is 20.0. The van der Waals surface area contributed by atoms with Crippen molar-refractivity contribution in [2.75, 3.05) is 19.8 Å². The summed E-state index contributed by atoms with van der Waals surface area (Å²) in [6.07, 6.45) is 0.768. The summed E-state index contributed by atoms with van der Waals surface area (Å²) >= 11 is 6.28. The second-order valence-electron chi connectivity index (χ2n) is 6.28. The van der Waals surface area contributed by atoms with Crippen LogP contribution in [0.15, 0.2) is 42.5 Å². The summed E-state index contributed by atoms with van der Waals surface area (Å²) in [6.45, 7) is 3.03. The van der Waals surface area contributed by atoms with E-state index in [0.29, 0.717) is 35.3 Å². The molecular weight excluding hydrogens is 382 g/mol. The second kappa shape index (κ2) is 9.46. The zero-order valence-corrected chi connectivity index (χ0v) is 16.3. The van der Waals surface area contributed by atoms with Crippen molar-refractivity contribution in [2.24, 2.45) is 0 Å². The lowest BCUT2D eigenvalue weighted by atomic mass is 10.0. The molecule has 1 unspecified atom stereocenters. The number of benzene rings is 2. The quantitative estimate of drug-likeness (QED) is 0.740. The van der Waals surface area contributed by atoms with Crippen LogP contribution in [0, 0.1) is 0 Å². The molecule has 0 bridgehead atoms. The van der Waals surface area contributed by atoms with Gasteiger partial charge in [0.25, 0.3) is 5.91 Å². The van der Waals surface area contributed by atoms with E-state index in [1.54, 1.807) is 13.0 Å². The summed E-state index contributed by atoms with van der Waals surface area (Å²) in [7, 11) is 0. The number of amides is 1. The number of hydrogen-bond donors (Lipinski definition) is 1. The fraction of sp³-hybridized carbons (Fsp3) is 0.333. The molecule has 0 spiro atoms. The molecule has 1 aliphatic rings. The van der Waals surface area contributed by atoms with Crippen LogP contribution in [0.25, 0.3) is 0 Å². The molecule has 1 N–H and O–H groups in total. The Morgan fingerprint density at radius 3 is 2.68 bits per heavy atom. The summed E-state index contributed by atoms with van der Waals surface area (Å²) in [5.74, 6) is 0.141. The molecule has 2 aromatic rings. The highest BCUT2D eigenvalue weighted by atomic mass is 35.5. The molecule has 0 aromatic heterocycles. The van der Waals surface area contributed by atoms with Crippen molar-refractivity contribution in [3.8, 4) is 11.5 Å². The van der Waals surface area contributed by atoms with Crippen LogP contribution in [-0.2, 0) is 9.53 Å². The van der Waals surface area contributed by atoms with E-state index < -0.39 is 6.04 Å². The van der Waals surface area contributed by atoms with Crippen LogP contribution in [-0.4, -0.2) is 31.7 Å². The van der Waals surface area contributed by atoms with Gasteiger partial charge in [0.2, 0.25) is 0 Å². The number of carbonyl (C=O) groups excluding carboxylic acids is 2. The molecule has 0 saturated heterocycles. The molecule has 0 fully saturated rings. The number of fused-ring (bicyclic) bond motifs is 1. The Labute approximate surface area is 168 Å². The fourth-order valence-electron chi connectivity index (χ4n) is 2.93. The van der Waals surface area contributed by atoms with Gasteiger partial charge in [-0.1, -0.05) is 41.9 Å². The van der Waals surface area contributed by atoms with Crippen LogP contribution in [0.3, 0.4) is 0 Å². The van der Waals surface area contributed by atoms with Crippen molar-refractivity contribution in [3.05, 3.63) is 58.6 Å². The van der Waals surface area contributed by atoms with Crippen molar-refractivity contribution in [2.45, 2.75) is 25.8 Å². The topological polar surface area (TPSA) is 73.9 Å². The van der Waals surface area contributed by atoms with E-state index in [2.05, 4.69) is 5.32 Å². The number of ether oxygens (including phenoxy) is 3. The first-order valence-electron chi connectivity index (χ1n) is 9.19.